The number of fused-ring (bicyclic) bond motifs is 1. The number of hydrogen-bond acceptors (Lipinski definition) is 2. The van der Waals surface area contributed by atoms with Crippen molar-refractivity contribution in [3.63, 3.8) is 0 Å². The Kier molecular flexibility index (Phi) is 4.12. The van der Waals surface area contributed by atoms with Gasteiger partial charge in [0.1, 0.15) is 5.75 Å². The summed E-state index contributed by atoms with van der Waals surface area (Å²) in [5.41, 5.74) is 10.7. The minimum atomic E-state index is 0.122. The van der Waals surface area contributed by atoms with Gasteiger partial charge in [-0.3, -0.25) is 0 Å². The second-order valence-corrected chi connectivity index (χ2v) is 6.03. The molecule has 4 heteroatoms. The molecule has 1 aliphatic rings. The van der Waals surface area contributed by atoms with Crippen LogP contribution in [-0.2, 0) is 6.42 Å². The maximum absolute atomic E-state index is 6.44. The Balaban J connectivity index is 2.12. The van der Waals surface area contributed by atoms with Gasteiger partial charge in [-0.1, -0.05) is 41.4 Å². The van der Waals surface area contributed by atoms with E-state index in [-0.39, 0.29) is 6.04 Å². The zero-order valence-electron chi connectivity index (χ0n) is 11.8. The van der Waals surface area contributed by atoms with Crippen LogP contribution in [0.15, 0.2) is 30.3 Å². The summed E-state index contributed by atoms with van der Waals surface area (Å²) in [6.45, 7) is 2.48. The van der Waals surface area contributed by atoms with E-state index < -0.39 is 0 Å². The lowest BCUT2D eigenvalue weighted by Gasteiger charge is -2.14. The van der Waals surface area contributed by atoms with Gasteiger partial charge >= 0.3 is 0 Å². The van der Waals surface area contributed by atoms with Gasteiger partial charge in [-0.15, -0.1) is 0 Å². The van der Waals surface area contributed by atoms with Crippen LogP contribution in [0.5, 0.6) is 5.75 Å². The second-order valence-electron chi connectivity index (χ2n) is 5.21. The van der Waals surface area contributed by atoms with E-state index in [1.807, 2.05) is 19.1 Å². The fourth-order valence-electron chi connectivity index (χ4n) is 2.94. The van der Waals surface area contributed by atoms with Crippen molar-refractivity contribution in [2.75, 3.05) is 6.61 Å². The standard InChI is InChI=1S/C17H17Cl2NO/c1-2-21-17-9-14(18)13(8-15(17)19)10-4-3-5-12-11(10)6-7-16(12)20/h3-5,8-9,16H,2,6-7,20H2,1H3. The van der Waals surface area contributed by atoms with E-state index in [9.17, 15) is 0 Å². The lowest BCUT2D eigenvalue weighted by atomic mass is 9.96. The molecule has 0 aliphatic heterocycles. The lowest BCUT2D eigenvalue weighted by Crippen LogP contribution is -2.04. The molecular weight excluding hydrogens is 305 g/mol. The minimum absolute atomic E-state index is 0.122. The van der Waals surface area contributed by atoms with Crippen LogP contribution in [0.3, 0.4) is 0 Å². The van der Waals surface area contributed by atoms with Crippen molar-refractivity contribution in [2.24, 2.45) is 5.73 Å². The van der Waals surface area contributed by atoms with Gasteiger partial charge in [0.15, 0.2) is 0 Å². The predicted octanol–water partition coefficient (Wildman–Crippen LogP) is 5.01. The number of hydrogen-bond donors (Lipinski definition) is 1. The van der Waals surface area contributed by atoms with Gasteiger partial charge in [0.25, 0.3) is 0 Å². The predicted molar refractivity (Wildman–Crippen MR) is 88.3 cm³/mol. The van der Waals surface area contributed by atoms with Crippen molar-refractivity contribution in [3.05, 3.63) is 51.5 Å². The molecule has 2 nitrogen and oxygen atoms in total. The molecule has 1 atom stereocenters. The topological polar surface area (TPSA) is 35.2 Å². The number of nitrogens with two attached hydrogens (primary N) is 1. The first kappa shape index (κ1) is 14.7. The molecule has 0 amide bonds. The van der Waals surface area contributed by atoms with Gasteiger partial charge in [0.05, 0.1) is 16.7 Å². The SMILES string of the molecule is CCOc1cc(Cl)c(-c2cccc3c2CCC3N)cc1Cl. The van der Waals surface area contributed by atoms with Crippen LogP contribution in [0.4, 0.5) is 0 Å². The molecule has 0 bridgehead atoms. The first-order valence-corrected chi connectivity index (χ1v) is 7.87. The summed E-state index contributed by atoms with van der Waals surface area (Å²) in [4.78, 5) is 0. The van der Waals surface area contributed by atoms with E-state index in [0.29, 0.717) is 22.4 Å². The highest BCUT2D eigenvalue weighted by atomic mass is 35.5. The molecule has 0 aromatic heterocycles. The summed E-state index contributed by atoms with van der Waals surface area (Å²) in [5, 5.41) is 1.23. The number of benzene rings is 2. The van der Waals surface area contributed by atoms with E-state index in [4.69, 9.17) is 33.7 Å². The molecule has 0 saturated heterocycles. The monoisotopic (exact) mass is 321 g/mol. The Morgan fingerprint density at radius 2 is 2.00 bits per heavy atom. The molecule has 0 radical (unpaired) electrons. The highest BCUT2D eigenvalue weighted by Crippen LogP contribution is 2.42. The summed E-state index contributed by atoms with van der Waals surface area (Å²) >= 11 is 12.7. The van der Waals surface area contributed by atoms with Crippen molar-refractivity contribution in [2.45, 2.75) is 25.8 Å². The molecule has 2 aromatic rings. The number of rotatable bonds is 3. The van der Waals surface area contributed by atoms with E-state index in [1.165, 1.54) is 11.1 Å². The van der Waals surface area contributed by atoms with Crippen LogP contribution in [0, 0.1) is 0 Å². The Morgan fingerprint density at radius 1 is 1.19 bits per heavy atom. The highest BCUT2D eigenvalue weighted by Gasteiger charge is 2.23. The minimum Gasteiger partial charge on any atom is -0.492 e. The van der Waals surface area contributed by atoms with Gasteiger partial charge in [-0.2, -0.15) is 0 Å². The first-order chi connectivity index (χ1) is 10.1. The van der Waals surface area contributed by atoms with Crippen LogP contribution in [0.25, 0.3) is 11.1 Å². The molecule has 110 valence electrons. The Labute approximate surface area is 134 Å². The van der Waals surface area contributed by atoms with Crippen LogP contribution < -0.4 is 10.5 Å². The molecule has 2 N–H and O–H groups in total. The number of halogens is 2. The molecule has 21 heavy (non-hydrogen) atoms. The average molecular weight is 322 g/mol. The second kappa shape index (κ2) is 5.88. The quantitative estimate of drug-likeness (QED) is 0.862. The van der Waals surface area contributed by atoms with Crippen molar-refractivity contribution in [1.29, 1.82) is 0 Å². The Morgan fingerprint density at radius 3 is 2.76 bits per heavy atom. The fraction of sp³-hybridized carbons (Fsp3) is 0.294. The molecule has 0 fully saturated rings. The van der Waals surface area contributed by atoms with E-state index in [0.717, 1.165) is 24.0 Å². The Bertz CT molecular complexity index is 685. The van der Waals surface area contributed by atoms with Gasteiger partial charge in [0.2, 0.25) is 0 Å². The largest absolute Gasteiger partial charge is 0.492 e. The zero-order chi connectivity index (χ0) is 15.0. The van der Waals surface area contributed by atoms with Crippen molar-refractivity contribution in [1.82, 2.24) is 0 Å². The smallest absolute Gasteiger partial charge is 0.139 e. The van der Waals surface area contributed by atoms with E-state index >= 15 is 0 Å². The summed E-state index contributed by atoms with van der Waals surface area (Å²) in [7, 11) is 0. The third kappa shape index (κ3) is 2.64. The summed E-state index contributed by atoms with van der Waals surface area (Å²) in [6.07, 6.45) is 1.96. The van der Waals surface area contributed by atoms with Gasteiger partial charge in [-0.05, 0) is 42.5 Å². The van der Waals surface area contributed by atoms with Gasteiger partial charge in [0, 0.05) is 17.7 Å². The summed E-state index contributed by atoms with van der Waals surface area (Å²) in [6, 6.07) is 10.00. The molecule has 2 aromatic carbocycles. The maximum atomic E-state index is 6.44. The normalized spacial score (nSPS) is 16.9. The number of ether oxygens (including phenoxy) is 1. The summed E-state index contributed by atoms with van der Waals surface area (Å²) < 4.78 is 5.48. The molecule has 0 heterocycles. The van der Waals surface area contributed by atoms with E-state index in [2.05, 4.69) is 12.1 Å². The van der Waals surface area contributed by atoms with Gasteiger partial charge in [-0.25, -0.2) is 0 Å². The fourth-order valence-corrected chi connectivity index (χ4v) is 3.41. The third-order valence-corrected chi connectivity index (χ3v) is 4.54. The molecular formula is C17H17Cl2NO. The summed E-state index contributed by atoms with van der Waals surface area (Å²) in [5.74, 6) is 0.622. The lowest BCUT2D eigenvalue weighted by molar-refractivity contribution is 0.340. The average Bonchev–Trinajstić information content (AvgIpc) is 2.85. The first-order valence-electron chi connectivity index (χ1n) is 7.11. The van der Waals surface area contributed by atoms with Crippen LogP contribution in [0.2, 0.25) is 10.0 Å². The van der Waals surface area contributed by atoms with Crippen molar-refractivity contribution in [3.8, 4) is 16.9 Å². The molecule has 1 aliphatic carbocycles. The van der Waals surface area contributed by atoms with Crippen molar-refractivity contribution >= 4 is 23.2 Å². The maximum Gasteiger partial charge on any atom is 0.139 e. The zero-order valence-corrected chi connectivity index (χ0v) is 13.3. The molecule has 0 spiro atoms. The molecule has 1 unspecified atom stereocenters. The van der Waals surface area contributed by atoms with Crippen LogP contribution >= 0.6 is 23.2 Å². The Hall–Kier alpha value is -1.22. The van der Waals surface area contributed by atoms with E-state index in [1.54, 1.807) is 6.07 Å². The molecule has 3 rings (SSSR count). The van der Waals surface area contributed by atoms with Gasteiger partial charge < -0.3 is 10.5 Å². The third-order valence-electron chi connectivity index (χ3n) is 3.93. The van der Waals surface area contributed by atoms with Crippen LogP contribution in [0.1, 0.15) is 30.5 Å². The van der Waals surface area contributed by atoms with Crippen molar-refractivity contribution < 1.29 is 4.74 Å². The molecule has 0 saturated carbocycles. The highest BCUT2D eigenvalue weighted by molar-refractivity contribution is 6.36. The van der Waals surface area contributed by atoms with Crippen LogP contribution in [-0.4, -0.2) is 6.61 Å².